The summed E-state index contributed by atoms with van der Waals surface area (Å²) >= 11 is 5.18. The number of amides is 1. The summed E-state index contributed by atoms with van der Waals surface area (Å²) in [7, 11) is 0. The molecule has 1 amide bonds. The molecule has 0 aliphatic carbocycles. The zero-order valence-electron chi connectivity index (χ0n) is 15.4. The Hall–Kier alpha value is -2.25. The number of hydrogen-bond donors (Lipinski definition) is 0. The monoisotopic (exact) mass is 458 g/mol. The van der Waals surface area contributed by atoms with Gasteiger partial charge >= 0.3 is 5.63 Å². The maximum absolute atomic E-state index is 12.6. The highest BCUT2D eigenvalue weighted by Gasteiger charge is 2.27. The summed E-state index contributed by atoms with van der Waals surface area (Å²) in [5.74, 6) is 0.252. The van der Waals surface area contributed by atoms with Crippen molar-refractivity contribution >= 4 is 33.2 Å². The molecule has 0 bridgehead atoms. The SMILES string of the molecule is Cc1cc(C(=O)N2CCC(c3nc(-c4cccc(Br)c4)cs3)CC2)oc(=O)c1. The lowest BCUT2D eigenvalue weighted by atomic mass is 9.97. The van der Waals surface area contributed by atoms with Gasteiger partial charge in [-0.05, 0) is 43.5 Å². The fourth-order valence-corrected chi connectivity index (χ4v) is 4.85. The number of hydrogen-bond acceptors (Lipinski definition) is 5. The molecule has 0 radical (unpaired) electrons. The minimum Gasteiger partial charge on any atom is -0.417 e. The van der Waals surface area contributed by atoms with Crippen LogP contribution in [0.25, 0.3) is 11.3 Å². The van der Waals surface area contributed by atoms with Crippen LogP contribution < -0.4 is 5.63 Å². The number of thiazole rings is 1. The van der Waals surface area contributed by atoms with Crippen LogP contribution in [0, 0.1) is 6.92 Å². The molecule has 0 atom stereocenters. The molecule has 1 aromatic carbocycles. The van der Waals surface area contributed by atoms with Crippen molar-refractivity contribution in [1.82, 2.24) is 9.88 Å². The van der Waals surface area contributed by atoms with Gasteiger partial charge in [-0.2, -0.15) is 0 Å². The van der Waals surface area contributed by atoms with Crippen LogP contribution in [0.15, 0.2) is 55.5 Å². The molecule has 0 unspecified atom stereocenters. The molecule has 1 aliphatic heterocycles. The van der Waals surface area contributed by atoms with Crippen molar-refractivity contribution in [3.63, 3.8) is 0 Å². The normalized spacial score (nSPS) is 15.0. The molecule has 3 heterocycles. The quantitative estimate of drug-likeness (QED) is 0.562. The molecular weight excluding hydrogens is 440 g/mol. The van der Waals surface area contributed by atoms with Gasteiger partial charge in [-0.1, -0.05) is 28.1 Å². The van der Waals surface area contributed by atoms with Gasteiger partial charge in [-0.25, -0.2) is 9.78 Å². The van der Waals surface area contributed by atoms with E-state index in [-0.39, 0.29) is 11.7 Å². The number of rotatable bonds is 3. The first-order chi connectivity index (χ1) is 13.5. The van der Waals surface area contributed by atoms with Crippen LogP contribution in [-0.4, -0.2) is 28.9 Å². The van der Waals surface area contributed by atoms with E-state index in [1.54, 1.807) is 29.2 Å². The van der Waals surface area contributed by atoms with Crippen molar-refractivity contribution in [1.29, 1.82) is 0 Å². The smallest absolute Gasteiger partial charge is 0.336 e. The van der Waals surface area contributed by atoms with Gasteiger partial charge in [0.25, 0.3) is 5.91 Å². The zero-order chi connectivity index (χ0) is 19.7. The van der Waals surface area contributed by atoms with E-state index in [2.05, 4.69) is 33.4 Å². The molecule has 5 nitrogen and oxygen atoms in total. The van der Waals surface area contributed by atoms with E-state index < -0.39 is 5.63 Å². The maximum Gasteiger partial charge on any atom is 0.336 e. The highest BCUT2D eigenvalue weighted by atomic mass is 79.9. The van der Waals surface area contributed by atoms with Crippen LogP contribution in [-0.2, 0) is 0 Å². The summed E-state index contributed by atoms with van der Waals surface area (Å²) in [4.78, 5) is 30.8. The minimum absolute atomic E-state index is 0.120. The lowest BCUT2D eigenvalue weighted by Gasteiger charge is -2.30. The van der Waals surface area contributed by atoms with Gasteiger partial charge in [0.1, 0.15) is 0 Å². The van der Waals surface area contributed by atoms with Crippen molar-refractivity contribution < 1.29 is 9.21 Å². The summed E-state index contributed by atoms with van der Waals surface area (Å²) < 4.78 is 6.12. The van der Waals surface area contributed by atoms with Gasteiger partial charge in [0.15, 0.2) is 5.76 Å². The van der Waals surface area contributed by atoms with Crippen LogP contribution >= 0.6 is 27.3 Å². The third kappa shape index (κ3) is 4.10. The van der Waals surface area contributed by atoms with Crippen LogP contribution in [0.3, 0.4) is 0 Å². The van der Waals surface area contributed by atoms with E-state index in [0.29, 0.717) is 19.0 Å². The van der Waals surface area contributed by atoms with Crippen molar-refractivity contribution in [3.8, 4) is 11.3 Å². The summed E-state index contributed by atoms with van der Waals surface area (Å²) in [5, 5.41) is 3.21. The van der Waals surface area contributed by atoms with E-state index in [9.17, 15) is 9.59 Å². The molecule has 2 aromatic heterocycles. The number of likely N-dealkylation sites (tertiary alicyclic amines) is 1. The Morgan fingerprint density at radius 3 is 2.75 bits per heavy atom. The molecule has 28 heavy (non-hydrogen) atoms. The second-order valence-corrected chi connectivity index (χ2v) is 8.77. The van der Waals surface area contributed by atoms with Gasteiger partial charge in [0.05, 0.1) is 10.7 Å². The lowest BCUT2D eigenvalue weighted by molar-refractivity contribution is 0.0675. The van der Waals surface area contributed by atoms with Crippen molar-refractivity contribution in [2.75, 3.05) is 13.1 Å². The second kappa shape index (κ2) is 8.01. The van der Waals surface area contributed by atoms with Crippen molar-refractivity contribution in [3.05, 3.63) is 73.0 Å². The highest BCUT2D eigenvalue weighted by Crippen LogP contribution is 2.33. The van der Waals surface area contributed by atoms with E-state index in [1.807, 2.05) is 12.1 Å². The first-order valence-corrected chi connectivity index (χ1v) is 10.8. The molecule has 7 heteroatoms. The van der Waals surface area contributed by atoms with Crippen molar-refractivity contribution in [2.24, 2.45) is 0 Å². The van der Waals surface area contributed by atoms with Crippen LogP contribution in [0.4, 0.5) is 0 Å². The first-order valence-electron chi connectivity index (χ1n) is 9.12. The van der Waals surface area contributed by atoms with Crippen molar-refractivity contribution in [2.45, 2.75) is 25.7 Å². The largest absolute Gasteiger partial charge is 0.417 e. The standard InChI is InChI=1S/C21H19BrN2O3S/c1-13-9-18(27-19(25)10-13)21(26)24-7-5-14(6-8-24)20-23-17(12-28-20)15-3-2-4-16(22)11-15/h2-4,9-12,14H,5-8H2,1H3. The summed E-state index contributed by atoms with van der Waals surface area (Å²) in [6.07, 6.45) is 1.71. The number of aryl methyl sites for hydroxylation is 1. The zero-order valence-corrected chi connectivity index (χ0v) is 17.8. The predicted molar refractivity (Wildman–Crippen MR) is 113 cm³/mol. The van der Waals surface area contributed by atoms with Crippen LogP contribution in [0.2, 0.25) is 0 Å². The average molecular weight is 459 g/mol. The Kier molecular flexibility index (Phi) is 5.46. The molecule has 1 aliphatic rings. The highest BCUT2D eigenvalue weighted by molar-refractivity contribution is 9.10. The third-order valence-electron chi connectivity index (χ3n) is 4.90. The topological polar surface area (TPSA) is 63.4 Å². The second-order valence-electron chi connectivity index (χ2n) is 6.97. The van der Waals surface area contributed by atoms with Gasteiger partial charge in [0, 0.05) is 40.5 Å². The number of halogens is 1. The predicted octanol–water partition coefficient (Wildman–Crippen LogP) is 4.85. The van der Waals surface area contributed by atoms with Gasteiger partial charge < -0.3 is 9.32 Å². The number of carbonyl (C=O) groups excluding carboxylic acids is 1. The Morgan fingerprint density at radius 1 is 1.25 bits per heavy atom. The van der Waals surface area contributed by atoms with Crippen LogP contribution in [0.1, 0.15) is 39.9 Å². The third-order valence-corrected chi connectivity index (χ3v) is 6.40. The fraction of sp³-hybridized carbons (Fsp3) is 0.286. The molecule has 144 valence electrons. The minimum atomic E-state index is -0.485. The Morgan fingerprint density at radius 2 is 2.04 bits per heavy atom. The lowest BCUT2D eigenvalue weighted by Crippen LogP contribution is -2.38. The molecule has 4 rings (SSSR count). The van der Waals surface area contributed by atoms with Gasteiger partial charge in [-0.15, -0.1) is 11.3 Å². The molecule has 0 N–H and O–H groups in total. The number of benzene rings is 1. The maximum atomic E-state index is 12.6. The molecule has 1 fully saturated rings. The molecular formula is C21H19BrN2O3S. The summed E-state index contributed by atoms with van der Waals surface area (Å²) in [6.45, 7) is 3.05. The molecule has 0 spiro atoms. The van der Waals surface area contributed by atoms with Crippen LogP contribution in [0.5, 0.6) is 0 Å². The van der Waals surface area contributed by atoms with E-state index in [0.717, 1.165) is 39.1 Å². The van der Waals surface area contributed by atoms with Gasteiger partial charge in [0.2, 0.25) is 0 Å². The Bertz CT molecular complexity index is 1070. The summed E-state index contributed by atoms with van der Waals surface area (Å²) in [6, 6.07) is 11.1. The van der Waals surface area contributed by atoms with E-state index in [4.69, 9.17) is 9.40 Å². The number of aromatic nitrogens is 1. The molecule has 3 aromatic rings. The number of piperidine rings is 1. The Labute approximate surface area is 175 Å². The average Bonchev–Trinajstić information content (AvgIpc) is 3.17. The number of nitrogens with zero attached hydrogens (tertiary/aromatic N) is 2. The van der Waals surface area contributed by atoms with E-state index in [1.165, 1.54) is 6.07 Å². The fourth-order valence-electron chi connectivity index (χ4n) is 3.45. The number of carbonyl (C=O) groups is 1. The van der Waals surface area contributed by atoms with Gasteiger partial charge in [-0.3, -0.25) is 4.79 Å². The molecule has 1 saturated heterocycles. The Balaban J connectivity index is 1.43. The molecule has 0 saturated carbocycles. The first kappa shape index (κ1) is 19.1. The summed E-state index contributed by atoms with van der Waals surface area (Å²) in [5.41, 5.74) is 2.33. The van der Waals surface area contributed by atoms with E-state index >= 15 is 0 Å².